The summed E-state index contributed by atoms with van der Waals surface area (Å²) in [4.78, 5) is 2.42. The lowest BCUT2D eigenvalue weighted by molar-refractivity contribution is -0.150. The summed E-state index contributed by atoms with van der Waals surface area (Å²) in [6.45, 7) is 4.34. The van der Waals surface area contributed by atoms with Gasteiger partial charge < -0.3 is 5.11 Å². The highest BCUT2D eigenvalue weighted by atomic mass is 16.3. The second-order valence-corrected chi connectivity index (χ2v) is 5.90. The monoisotopic (exact) mass is 221 g/mol. The molecule has 0 radical (unpaired) electrons. The van der Waals surface area contributed by atoms with E-state index in [1.807, 2.05) is 0 Å². The molecule has 0 bridgehead atoms. The third-order valence-corrected chi connectivity index (χ3v) is 5.12. The van der Waals surface area contributed by atoms with Gasteiger partial charge >= 0.3 is 0 Å². The quantitative estimate of drug-likeness (QED) is 0.633. The molecule has 1 aliphatic heterocycles. The molecule has 4 unspecified atom stereocenters. The van der Waals surface area contributed by atoms with Crippen LogP contribution in [0, 0.1) is 17.8 Å². The van der Waals surface area contributed by atoms with E-state index in [2.05, 4.69) is 31.7 Å². The second-order valence-electron chi connectivity index (χ2n) is 5.90. The van der Waals surface area contributed by atoms with E-state index >= 15 is 0 Å². The number of fused-ring (bicyclic) bond motifs is 1. The van der Waals surface area contributed by atoms with Crippen molar-refractivity contribution in [3.05, 3.63) is 0 Å². The number of terminal acetylenes is 1. The first-order chi connectivity index (χ1) is 7.44. The standard InChI is InChI=1S/C14H23NO/c1-5-14(16)10-11(2)15(4)12-8-6-7-9-13(12,14)3/h1,11-12,16H,6-10H2,2-4H3. The first-order valence-electron chi connectivity index (χ1n) is 6.37. The lowest BCUT2D eigenvalue weighted by atomic mass is 9.57. The van der Waals surface area contributed by atoms with Gasteiger partial charge in [0, 0.05) is 23.9 Å². The van der Waals surface area contributed by atoms with Crippen molar-refractivity contribution < 1.29 is 5.11 Å². The van der Waals surface area contributed by atoms with Crippen molar-refractivity contribution in [2.75, 3.05) is 7.05 Å². The largest absolute Gasteiger partial charge is 0.377 e. The van der Waals surface area contributed by atoms with Crippen molar-refractivity contribution in [3.8, 4) is 12.3 Å². The van der Waals surface area contributed by atoms with Crippen molar-refractivity contribution in [1.29, 1.82) is 0 Å². The van der Waals surface area contributed by atoms with Crippen molar-refractivity contribution in [1.82, 2.24) is 4.90 Å². The van der Waals surface area contributed by atoms with E-state index in [0.29, 0.717) is 18.5 Å². The van der Waals surface area contributed by atoms with Gasteiger partial charge in [0.1, 0.15) is 5.60 Å². The molecule has 2 nitrogen and oxygen atoms in total. The van der Waals surface area contributed by atoms with Crippen LogP contribution in [0.15, 0.2) is 0 Å². The van der Waals surface area contributed by atoms with Crippen molar-refractivity contribution in [2.45, 2.75) is 63.6 Å². The summed E-state index contributed by atoms with van der Waals surface area (Å²) in [5, 5.41) is 10.8. The minimum atomic E-state index is -0.913. The van der Waals surface area contributed by atoms with Crippen LogP contribution in [0.25, 0.3) is 0 Å². The van der Waals surface area contributed by atoms with Crippen LogP contribution in [0.4, 0.5) is 0 Å². The van der Waals surface area contributed by atoms with E-state index in [9.17, 15) is 5.11 Å². The Balaban J connectivity index is 2.40. The summed E-state index contributed by atoms with van der Waals surface area (Å²) in [7, 11) is 2.18. The highest BCUT2D eigenvalue weighted by molar-refractivity contribution is 5.22. The Kier molecular flexibility index (Phi) is 2.80. The minimum absolute atomic E-state index is 0.124. The molecule has 0 amide bonds. The van der Waals surface area contributed by atoms with Gasteiger partial charge in [0.15, 0.2) is 0 Å². The first-order valence-corrected chi connectivity index (χ1v) is 6.37. The summed E-state index contributed by atoms with van der Waals surface area (Å²) in [5.74, 6) is 2.70. The maximum atomic E-state index is 10.8. The molecule has 0 aromatic carbocycles. The van der Waals surface area contributed by atoms with Crippen molar-refractivity contribution in [2.24, 2.45) is 5.41 Å². The second kappa shape index (κ2) is 3.75. The predicted molar refractivity (Wildman–Crippen MR) is 66.0 cm³/mol. The molecular weight excluding hydrogens is 198 g/mol. The molecule has 0 spiro atoms. The fraction of sp³-hybridized carbons (Fsp3) is 0.857. The topological polar surface area (TPSA) is 23.5 Å². The third kappa shape index (κ3) is 1.42. The lowest BCUT2D eigenvalue weighted by Gasteiger charge is -2.59. The van der Waals surface area contributed by atoms with Crippen LogP contribution >= 0.6 is 0 Å². The first kappa shape index (κ1) is 12.0. The molecule has 2 aliphatic rings. The van der Waals surface area contributed by atoms with E-state index in [4.69, 9.17) is 6.42 Å². The number of likely N-dealkylation sites (tertiary alicyclic amines) is 1. The van der Waals surface area contributed by atoms with Gasteiger partial charge in [-0.2, -0.15) is 0 Å². The van der Waals surface area contributed by atoms with E-state index < -0.39 is 5.60 Å². The smallest absolute Gasteiger partial charge is 0.133 e. The van der Waals surface area contributed by atoms with Gasteiger partial charge in [0.25, 0.3) is 0 Å². The zero-order valence-electron chi connectivity index (χ0n) is 10.7. The van der Waals surface area contributed by atoms with Crippen LogP contribution in [0.5, 0.6) is 0 Å². The van der Waals surface area contributed by atoms with Crippen molar-refractivity contribution >= 4 is 0 Å². The molecule has 1 heterocycles. The van der Waals surface area contributed by atoms with Gasteiger partial charge in [0.2, 0.25) is 0 Å². The fourth-order valence-corrected chi connectivity index (χ4v) is 3.79. The zero-order valence-corrected chi connectivity index (χ0v) is 10.7. The van der Waals surface area contributed by atoms with Crippen LogP contribution in [-0.4, -0.2) is 34.7 Å². The molecule has 1 N–H and O–H groups in total. The van der Waals surface area contributed by atoms with E-state index in [-0.39, 0.29) is 5.41 Å². The average Bonchev–Trinajstić information content (AvgIpc) is 2.27. The number of piperidine rings is 1. The summed E-state index contributed by atoms with van der Waals surface area (Å²) in [6, 6.07) is 0.809. The van der Waals surface area contributed by atoms with Gasteiger partial charge in [-0.05, 0) is 26.8 Å². The number of aliphatic hydroxyl groups is 1. The van der Waals surface area contributed by atoms with Gasteiger partial charge in [-0.15, -0.1) is 6.42 Å². The van der Waals surface area contributed by atoms with Crippen LogP contribution in [0.2, 0.25) is 0 Å². The van der Waals surface area contributed by atoms with Gasteiger partial charge in [-0.1, -0.05) is 25.7 Å². The van der Waals surface area contributed by atoms with Gasteiger partial charge in [0.05, 0.1) is 0 Å². The maximum absolute atomic E-state index is 10.8. The fourth-order valence-electron chi connectivity index (χ4n) is 3.79. The highest BCUT2D eigenvalue weighted by Crippen LogP contribution is 2.52. The highest BCUT2D eigenvalue weighted by Gasteiger charge is 2.57. The summed E-state index contributed by atoms with van der Waals surface area (Å²) in [5.41, 5.74) is -1.04. The molecule has 16 heavy (non-hydrogen) atoms. The Morgan fingerprint density at radius 3 is 2.75 bits per heavy atom. The maximum Gasteiger partial charge on any atom is 0.133 e. The summed E-state index contributed by atoms with van der Waals surface area (Å²) >= 11 is 0. The number of nitrogens with zero attached hydrogens (tertiary/aromatic N) is 1. The molecule has 2 heteroatoms. The average molecular weight is 221 g/mol. The van der Waals surface area contributed by atoms with E-state index in [1.165, 1.54) is 19.3 Å². The predicted octanol–water partition coefficient (Wildman–Crippen LogP) is 2.02. The molecule has 4 atom stereocenters. The Bertz CT molecular complexity index is 321. The summed E-state index contributed by atoms with van der Waals surface area (Å²) < 4.78 is 0. The van der Waals surface area contributed by atoms with Crippen LogP contribution in [-0.2, 0) is 0 Å². The zero-order chi connectivity index (χ0) is 12.0. The van der Waals surface area contributed by atoms with Crippen LogP contribution in [0.3, 0.4) is 0 Å². The van der Waals surface area contributed by atoms with Crippen LogP contribution in [0.1, 0.15) is 46.0 Å². The van der Waals surface area contributed by atoms with Crippen molar-refractivity contribution in [3.63, 3.8) is 0 Å². The third-order valence-electron chi connectivity index (χ3n) is 5.12. The van der Waals surface area contributed by atoms with E-state index in [1.54, 1.807) is 0 Å². The Morgan fingerprint density at radius 2 is 2.12 bits per heavy atom. The lowest BCUT2D eigenvalue weighted by Crippen LogP contribution is -2.66. The number of rotatable bonds is 0. The molecule has 90 valence electrons. The van der Waals surface area contributed by atoms with Gasteiger partial charge in [-0.3, -0.25) is 4.90 Å². The van der Waals surface area contributed by atoms with E-state index in [0.717, 1.165) is 6.42 Å². The molecule has 0 aromatic rings. The number of hydrogen-bond donors (Lipinski definition) is 1. The molecular formula is C14H23NO. The normalized spacial score (nSPS) is 49.4. The molecule has 1 saturated carbocycles. The summed E-state index contributed by atoms with van der Waals surface area (Å²) in [6.07, 6.45) is 11.0. The molecule has 1 aliphatic carbocycles. The van der Waals surface area contributed by atoms with Gasteiger partial charge in [-0.25, -0.2) is 0 Å². The number of hydrogen-bond acceptors (Lipinski definition) is 2. The SMILES string of the molecule is C#CC1(O)CC(C)N(C)C2CCCCC21C. The Morgan fingerprint density at radius 1 is 1.44 bits per heavy atom. The van der Waals surface area contributed by atoms with Crippen LogP contribution < -0.4 is 0 Å². The Hall–Kier alpha value is -0.520. The molecule has 1 saturated heterocycles. The minimum Gasteiger partial charge on any atom is -0.377 e. The molecule has 2 rings (SSSR count). The molecule has 0 aromatic heterocycles. The Labute approximate surface area is 99.0 Å². The molecule has 2 fully saturated rings.